The standard InChI is InChI=1S/C15H21N5/c1-18-15(16)11-13(17-18)12-19-7-9-20(10-8-19)14-5-3-2-4-6-14/h2-6,11H,7-10,12,16H2,1H3. The molecule has 0 atom stereocenters. The molecule has 0 unspecified atom stereocenters. The van der Waals surface area contributed by atoms with E-state index in [0.717, 1.165) is 44.2 Å². The number of hydrogen-bond donors (Lipinski definition) is 1. The summed E-state index contributed by atoms with van der Waals surface area (Å²) < 4.78 is 1.73. The van der Waals surface area contributed by atoms with E-state index < -0.39 is 0 Å². The number of aryl methyl sites for hydroxylation is 1. The van der Waals surface area contributed by atoms with Crippen LogP contribution in [0.4, 0.5) is 11.5 Å². The minimum atomic E-state index is 0.725. The molecule has 2 N–H and O–H groups in total. The Bertz CT molecular complexity index is 535. The Balaban J connectivity index is 1.56. The number of benzene rings is 1. The summed E-state index contributed by atoms with van der Waals surface area (Å²) >= 11 is 0. The van der Waals surface area contributed by atoms with Crippen LogP contribution >= 0.6 is 0 Å². The van der Waals surface area contributed by atoms with Crippen molar-refractivity contribution in [2.45, 2.75) is 6.54 Å². The Morgan fingerprint density at radius 2 is 1.80 bits per heavy atom. The van der Waals surface area contributed by atoms with Gasteiger partial charge < -0.3 is 10.6 Å². The van der Waals surface area contributed by atoms with Gasteiger partial charge in [0.2, 0.25) is 0 Å². The van der Waals surface area contributed by atoms with Gasteiger partial charge in [-0.05, 0) is 12.1 Å². The summed E-state index contributed by atoms with van der Waals surface area (Å²) in [5, 5.41) is 4.42. The molecule has 1 aliphatic rings. The van der Waals surface area contributed by atoms with Gasteiger partial charge in [0.15, 0.2) is 0 Å². The molecule has 3 rings (SSSR count). The van der Waals surface area contributed by atoms with Crippen LogP contribution < -0.4 is 10.6 Å². The lowest BCUT2D eigenvalue weighted by molar-refractivity contribution is 0.246. The van der Waals surface area contributed by atoms with Crippen LogP contribution in [-0.2, 0) is 13.6 Å². The van der Waals surface area contributed by atoms with Crippen molar-refractivity contribution in [1.29, 1.82) is 0 Å². The average Bonchev–Trinajstić information content (AvgIpc) is 2.79. The van der Waals surface area contributed by atoms with Crippen molar-refractivity contribution < 1.29 is 0 Å². The quantitative estimate of drug-likeness (QED) is 0.915. The van der Waals surface area contributed by atoms with Crippen LogP contribution in [0, 0.1) is 0 Å². The molecular formula is C15H21N5. The van der Waals surface area contributed by atoms with Crippen molar-refractivity contribution in [3.63, 3.8) is 0 Å². The summed E-state index contributed by atoms with van der Waals surface area (Å²) in [6.07, 6.45) is 0. The summed E-state index contributed by atoms with van der Waals surface area (Å²) in [6, 6.07) is 12.6. The van der Waals surface area contributed by atoms with Gasteiger partial charge in [0.25, 0.3) is 0 Å². The van der Waals surface area contributed by atoms with Crippen molar-refractivity contribution in [3.05, 3.63) is 42.1 Å². The van der Waals surface area contributed by atoms with Crippen LogP contribution in [0.3, 0.4) is 0 Å². The largest absolute Gasteiger partial charge is 0.384 e. The van der Waals surface area contributed by atoms with Gasteiger partial charge in [0.05, 0.1) is 5.69 Å². The van der Waals surface area contributed by atoms with E-state index in [9.17, 15) is 0 Å². The molecule has 1 aromatic heterocycles. The van der Waals surface area contributed by atoms with Crippen LogP contribution in [0.5, 0.6) is 0 Å². The number of nitrogen functional groups attached to an aromatic ring is 1. The molecule has 5 nitrogen and oxygen atoms in total. The predicted molar refractivity (Wildman–Crippen MR) is 81.6 cm³/mol. The lowest BCUT2D eigenvalue weighted by Crippen LogP contribution is -2.46. The number of rotatable bonds is 3. The molecular weight excluding hydrogens is 250 g/mol. The normalized spacial score (nSPS) is 16.6. The van der Waals surface area contributed by atoms with E-state index in [-0.39, 0.29) is 0 Å². The number of anilines is 2. The maximum atomic E-state index is 5.82. The smallest absolute Gasteiger partial charge is 0.121 e. The first kappa shape index (κ1) is 13.0. The van der Waals surface area contributed by atoms with E-state index in [4.69, 9.17) is 5.73 Å². The second kappa shape index (κ2) is 5.54. The number of aromatic nitrogens is 2. The van der Waals surface area contributed by atoms with Crippen molar-refractivity contribution in [3.8, 4) is 0 Å². The SMILES string of the molecule is Cn1nc(CN2CCN(c3ccccc3)CC2)cc1N. The molecule has 0 amide bonds. The zero-order valence-electron chi connectivity index (χ0n) is 11.9. The van der Waals surface area contributed by atoms with E-state index in [1.807, 2.05) is 13.1 Å². The van der Waals surface area contributed by atoms with Gasteiger partial charge in [-0.15, -0.1) is 0 Å². The number of nitrogens with zero attached hydrogens (tertiary/aromatic N) is 4. The van der Waals surface area contributed by atoms with Gasteiger partial charge in [-0.2, -0.15) is 5.10 Å². The maximum absolute atomic E-state index is 5.82. The molecule has 2 aromatic rings. The Kier molecular flexibility index (Phi) is 3.60. The highest BCUT2D eigenvalue weighted by atomic mass is 15.3. The fraction of sp³-hybridized carbons (Fsp3) is 0.400. The highest BCUT2D eigenvalue weighted by molar-refractivity contribution is 5.46. The van der Waals surface area contributed by atoms with Crippen LogP contribution in [0.1, 0.15) is 5.69 Å². The minimum absolute atomic E-state index is 0.725. The number of para-hydroxylation sites is 1. The molecule has 2 heterocycles. The van der Waals surface area contributed by atoms with E-state index in [0.29, 0.717) is 0 Å². The molecule has 1 fully saturated rings. The highest BCUT2D eigenvalue weighted by Crippen LogP contribution is 2.16. The molecule has 1 aliphatic heterocycles. The van der Waals surface area contributed by atoms with E-state index in [1.165, 1.54) is 5.69 Å². The number of hydrogen-bond acceptors (Lipinski definition) is 4. The minimum Gasteiger partial charge on any atom is -0.384 e. The Morgan fingerprint density at radius 3 is 2.40 bits per heavy atom. The van der Waals surface area contributed by atoms with Crippen LogP contribution in [0.15, 0.2) is 36.4 Å². The molecule has 0 saturated carbocycles. The third-order valence-electron chi connectivity index (χ3n) is 3.85. The van der Waals surface area contributed by atoms with E-state index in [1.54, 1.807) is 4.68 Å². The second-order valence-electron chi connectivity index (χ2n) is 5.28. The summed E-state index contributed by atoms with van der Waals surface area (Å²) in [6.45, 7) is 5.13. The molecule has 0 bridgehead atoms. The van der Waals surface area contributed by atoms with Crippen molar-refractivity contribution in [1.82, 2.24) is 14.7 Å². The second-order valence-corrected chi connectivity index (χ2v) is 5.28. The van der Waals surface area contributed by atoms with Crippen LogP contribution in [0.25, 0.3) is 0 Å². The Labute approximate surface area is 119 Å². The first-order valence-corrected chi connectivity index (χ1v) is 7.03. The Hall–Kier alpha value is -2.01. The topological polar surface area (TPSA) is 50.3 Å². The Morgan fingerprint density at radius 1 is 1.10 bits per heavy atom. The first-order chi connectivity index (χ1) is 9.72. The first-order valence-electron chi connectivity index (χ1n) is 7.03. The molecule has 0 aliphatic carbocycles. The maximum Gasteiger partial charge on any atom is 0.121 e. The zero-order chi connectivity index (χ0) is 13.9. The molecule has 1 saturated heterocycles. The molecule has 1 aromatic carbocycles. The van der Waals surface area contributed by atoms with Gasteiger partial charge in [-0.1, -0.05) is 18.2 Å². The van der Waals surface area contributed by atoms with E-state index in [2.05, 4.69) is 45.2 Å². The van der Waals surface area contributed by atoms with Crippen molar-refractivity contribution in [2.24, 2.45) is 7.05 Å². The molecule has 0 spiro atoms. The molecule has 0 radical (unpaired) electrons. The van der Waals surface area contributed by atoms with Gasteiger partial charge in [0.1, 0.15) is 5.82 Å². The molecule has 20 heavy (non-hydrogen) atoms. The average molecular weight is 271 g/mol. The zero-order valence-corrected chi connectivity index (χ0v) is 11.9. The van der Waals surface area contributed by atoms with Gasteiger partial charge >= 0.3 is 0 Å². The molecule has 5 heteroatoms. The van der Waals surface area contributed by atoms with Gasteiger partial charge in [0, 0.05) is 51.5 Å². The fourth-order valence-electron chi connectivity index (χ4n) is 2.65. The van der Waals surface area contributed by atoms with Crippen molar-refractivity contribution >= 4 is 11.5 Å². The summed E-state index contributed by atoms with van der Waals surface area (Å²) in [4.78, 5) is 4.87. The van der Waals surface area contributed by atoms with Gasteiger partial charge in [-0.3, -0.25) is 9.58 Å². The van der Waals surface area contributed by atoms with Gasteiger partial charge in [-0.25, -0.2) is 0 Å². The number of piperazine rings is 1. The van der Waals surface area contributed by atoms with Crippen LogP contribution in [-0.4, -0.2) is 40.9 Å². The fourth-order valence-corrected chi connectivity index (χ4v) is 2.65. The summed E-state index contributed by atoms with van der Waals surface area (Å²) in [7, 11) is 1.88. The summed E-state index contributed by atoms with van der Waals surface area (Å²) in [5.74, 6) is 0.725. The predicted octanol–water partition coefficient (Wildman–Crippen LogP) is 1.32. The van der Waals surface area contributed by atoms with Crippen molar-refractivity contribution in [2.75, 3.05) is 36.8 Å². The lowest BCUT2D eigenvalue weighted by atomic mass is 10.2. The number of nitrogens with two attached hydrogens (primary N) is 1. The molecule has 106 valence electrons. The summed E-state index contributed by atoms with van der Waals surface area (Å²) in [5.41, 5.74) is 8.19. The third kappa shape index (κ3) is 2.77. The lowest BCUT2D eigenvalue weighted by Gasteiger charge is -2.35. The monoisotopic (exact) mass is 271 g/mol. The van der Waals surface area contributed by atoms with Crippen LogP contribution in [0.2, 0.25) is 0 Å². The highest BCUT2D eigenvalue weighted by Gasteiger charge is 2.18. The van der Waals surface area contributed by atoms with E-state index >= 15 is 0 Å². The third-order valence-corrected chi connectivity index (χ3v) is 3.85.